The van der Waals surface area contributed by atoms with Gasteiger partial charge in [-0.15, -0.1) is 0 Å². The number of thioether (sulfide) groups is 1. The summed E-state index contributed by atoms with van der Waals surface area (Å²) in [6.07, 6.45) is 8.15. The van der Waals surface area contributed by atoms with Crippen LogP contribution in [0.2, 0.25) is 0 Å². The molecule has 2 fully saturated rings. The Bertz CT molecular complexity index is 230. The molecule has 1 saturated heterocycles. The summed E-state index contributed by atoms with van der Waals surface area (Å²) in [6.45, 7) is 3.24. The molecular formula is C14H28N2S. The van der Waals surface area contributed by atoms with E-state index in [9.17, 15) is 0 Å². The van der Waals surface area contributed by atoms with Crippen molar-refractivity contribution in [2.45, 2.75) is 57.0 Å². The molecule has 0 spiro atoms. The summed E-state index contributed by atoms with van der Waals surface area (Å²) in [5, 5.41) is 0. The van der Waals surface area contributed by atoms with Crippen molar-refractivity contribution in [1.29, 1.82) is 0 Å². The fraction of sp³-hybridized carbons (Fsp3) is 1.00. The number of nitrogens with two attached hydrogens (primary N) is 1. The average molecular weight is 256 g/mol. The second-order valence-corrected chi connectivity index (χ2v) is 7.29. The normalized spacial score (nSPS) is 33.9. The zero-order valence-corrected chi connectivity index (χ0v) is 12.3. The largest absolute Gasteiger partial charge is 0.329 e. The molecule has 17 heavy (non-hydrogen) atoms. The first-order valence-electron chi connectivity index (χ1n) is 7.19. The van der Waals surface area contributed by atoms with E-state index in [0.29, 0.717) is 5.54 Å². The minimum Gasteiger partial charge on any atom is -0.329 e. The monoisotopic (exact) mass is 256 g/mol. The second kappa shape index (κ2) is 5.94. The van der Waals surface area contributed by atoms with Crippen LogP contribution in [0.25, 0.3) is 0 Å². The molecule has 2 nitrogen and oxygen atoms in total. The van der Waals surface area contributed by atoms with Crippen LogP contribution in [0.1, 0.15) is 45.4 Å². The average Bonchev–Trinajstić information content (AvgIpc) is 2.39. The number of hydrogen-bond donors (Lipinski definition) is 1. The lowest BCUT2D eigenvalue weighted by Gasteiger charge is -2.49. The van der Waals surface area contributed by atoms with E-state index in [1.807, 2.05) is 0 Å². The first-order chi connectivity index (χ1) is 8.18. The van der Waals surface area contributed by atoms with Gasteiger partial charge in [0.2, 0.25) is 0 Å². The second-order valence-electron chi connectivity index (χ2n) is 6.07. The summed E-state index contributed by atoms with van der Waals surface area (Å²) in [5.41, 5.74) is 6.44. The summed E-state index contributed by atoms with van der Waals surface area (Å²) in [4.78, 5) is 2.67. The Labute approximate surface area is 111 Å². The molecule has 0 bridgehead atoms. The SMILES string of the molecule is CC1CCC(N(C)C2(CN)CCSCC2)CC1. The van der Waals surface area contributed by atoms with Gasteiger partial charge in [-0.3, -0.25) is 4.90 Å². The maximum absolute atomic E-state index is 6.12. The van der Waals surface area contributed by atoms with Crippen molar-refractivity contribution < 1.29 is 0 Å². The summed E-state index contributed by atoms with van der Waals surface area (Å²) in [7, 11) is 2.34. The summed E-state index contributed by atoms with van der Waals surface area (Å²) in [6, 6.07) is 0.790. The Morgan fingerprint density at radius 1 is 1.18 bits per heavy atom. The Morgan fingerprint density at radius 2 is 1.76 bits per heavy atom. The highest BCUT2D eigenvalue weighted by molar-refractivity contribution is 7.99. The summed E-state index contributed by atoms with van der Waals surface area (Å²) >= 11 is 2.09. The lowest BCUT2D eigenvalue weighted by Crippen LogP contribution is -2.58. The highest BCUT2D eigenvalue weighted by Gasteiger charge is 2.38. The number of hydrogen-bond acceptors (Lipinski definition) is 3. The molecule has 2 N–H and O–H groups in total. The molecule has 100 valence electrons. The minimum atomic E-state index is 0.316. The van der Waals surface area contributed by atoms with E-state index < -0.39 is 0 Å². The smallest absolute Gasteiger partial charge is 0.0347 e. The zero-order chi connectivity index (χ0) is 12.3. The third-order valence-corrected chi connectivity index (χ3v) is 6.07. The van der Waals surface area contributed by atoms with Crippen molar-refractivity contribution >= 4 is 11.8 Å². The van der Waals surface area contributed by atoms with Crippen molar-refractivity contribution in [2.75, 3.05) is 25.1 Å². The standard InChI is InChI=1S/C14H28N2S/c1-12-3-5-13(6-4-12)16(2)14(11-15)7-9-17-10-8-14/h12-13H,3-11,15H2,1-2H3. The van der Waals surface area contributed by atoms with Gasteiger partial charge in [0.05, 0.1) is 0 Å². The van der Waals surface area contributed by atoms with Crippen molar-refractivity contribution in [3.8, 4) is 0 Å². The fourth-order valence-electron chi connectivity index (χ4n) is 3.47. The number of likely N-dealkylation sites (N-methyl/N-ethyl adjacent to an activating group) is 1. The van der Waals surface area contributed by atoms with Gasteiger partial charge in [0.15, 0.2) is 0 Å². The van der Waals surface area contributed by atoms with E-state index >= 15 is 0 Å². The molecule has 2 aliphatic rings. The highest BCUT2D eigenvalue weighted by atomic mass is 32.2. The summed E-state index contributed by atoms with van der Waals surface area (Å²) < 4.78 is 0. The van der Waals surface area contributed by atoms with E-state index in [1.54, 1.807) is 0 Å². The van der Waals surface area contributed by atoms with Gasteiger partial charge in [0.1, 0.15) is 0 Å². The Balaban J connectivity index is 1.98. The lowest BCUT2D eigenvalue weighted by atomic mass is 9.82. The molecule has 0 aromatic heterocycles. The van der Waals surface area contributed by atoms with Crippen LogP contribution >= 0.6 is 11.8 Å². The van der Waals surface area contributed by atoms with Crippen LogP contribution in [-0.2, 0) is 0 Å². The van der Waals surface area contributed by atoms with Crippen LogP contribution in [-0.4, -0.2) is 41.6 Å². The van der Waals surface area contributed by atoms with Crippen LogP contribution in [0.3, 0.4) is 0 Å². The van der Waals surface area contributed by atoms with Crippen molar-refractivity contribution in [3.05, 3.63) is 0 Å². The third kappa shape index (κ3) is 2.99. The Morgan fingerprint density at radius 3 is 2.29 bits per heavy atom. The molecular weight excluding hydrogens is 228 g/mol. The molecule has 1 heterocycles. The topological polar surface area (TPSA) is 29.3 Å². The molecule has 3 heteroatoms. The van der Waals surface area contributed by atoms with Crippen LogP contribution in [0, 0.1) is 5.92 Å². The molecule has 0 aromatic carbocycles. The summed E-state index contributed by atoms with van der Waals surface area (Å²) in [5.74, 6) is 3.53. The molecule has 1 aliphatic carbocycles. The molecule has 0 atom stereocenters. The molecule has 0 aromatic rings. The van der Waals surface area contributed by atoms with Gasteiger partial charge >= 0.3 is 0 Å². The van der Waals surface area contributed by atoms with E-state index in [0.717, 1.165) is 18.5 Å². The predicted molar refractivity (Wildman–Crippen MR) is 77.5 cm³/mol. The van der Waals surface area contributed by atoms with E-state index in [4.69, 9.17) is 5.73 Å². The van der Waals surface area contributed by atoms with E-state index in [2.05, 4.69) is 30.6 Å². The zero-order valence-electron chi connectivity index (χ0n) is 11.5. The van der Waals surface area contributed by atoms with Crippen molar-refractivity contribution in [3.63, 3.8) is 0 Å². The van der Waals surface area contributed by atoms with Crippen LogP contribution in [0.5, 0.6) is 0 Å². The maximum Gasteiger partial charge on any atom is 0.0347 e. The molecule has 0 amide bonds. The van der Waals surface area contributed by atoms with Crippen molar-refractivity contribution in [2.24, 2.45) is 11.7 Å². The van der Waals surface area contributed by atoms with Gasteiger partial charge in [-0.1, -0.05) is 6.92 Å². The Hall–Kier alpha value is 0.270. The van der Waals surface area contributed by atoms with Gasteiger partial charge in [-0.25, -0.2) is 0 Å². The fourth-order valence-corrected chi connectivity index (χ4v) is 4.72. The first kappa shape index (κ1) is 13.7. The van der Waals surface area contributed by atoms with Crippen LogP contribution < -0.4 is 5.73 Å². The molecule has 1 aliphatic heterocycles. The minimum absolute atomic E-state index is 0.316. The molecule has 0 unspecified atom stereocenters. The first-order valence-corrected chi connectivity index (χ1v) is 8.34. The van der Waals surface area contributed by atoms with E-state index in [-0.39, 0.29) is 0 Å². The number of nitrogens with zero attached hydrogens (tertiary/aromatic N) is 1. The van der Waals surface area contributed by atoms with E-state index in [1.165, 1.54) is 50.0 Å². The quantitative estimate of drug-likeness (QED) is 0.842. The molecule has 1 saturated carbocycles. The maximum atomic E-state index is 6.12. The van der Waals surface area contributed by atoms with Gasteiger partial charge in [0, 0.05) is 18.1 Å². The lowest BCUT2D eigenvalue weighted by molar-refractivity contribution is 0.0438. The van der Waals surface area contributed by atoms with Crippen LogP contribution in [0.15, 0.2) is 0 Å². The van der Waals surface area contributed by atoms with Gasteiger partial charge in [-0.05, 0) is 63.0 Å². The van der Waals surface area contributed by atoms with Crippen LogP contribution in [0.4, 0.5) is 0 Å². The number of rotatable bonds is 3. The van der Waals surface area contributed by atoms with Gasteiger partial charge in [0.25, 0.3) is 0 Å². The third-order valence-electron chi connectivity index (χ3n) is 5.08. The van der Waals surface area contributed by atoms with Gasteiger partial charge in [-0.2, -0.15) is 11.8 Å². The predicted octanol–water partition coefficient (Wildman–Crippen LogP) is 2.72. The molecule has 0 radical (unpaired) electrons. The van der Waals surface area contributed by atoms with Gasteiger partial charge < -0.3 is 5.73 Å². The Kier molecular flexibility index (Phi) is 4.79. The highest BCUT2D eigenvalue weighted by Crippen LogP contribution is 2.36. The molecule has 2 rings (SSSR count). The van der Waals surface area contributed by atoms with Crippen molar-refractivity contribution in [1.82, 2.24) is 4.90 Å².